The zero-order chi connectivity index (χ0) is 25.5. The molecule has 2 fully saturated rings. The highest BCUT2D eigenvalue weighted by Crippen LogP contribution is 2.33. The summed E-state index contributed by atoms with van der Waals surface area (Å²) in [6, 6.07) is 8.15. The summed E-state index contributed by atoms with van der Waals surface area (Å²) >= 11 is 0. The molecule has 0 aromatic carbocycles. The third-order valence-corrected chi connectivity index (χ3v) is 7.89. The van der Waals surface area contributed by atoms with Crippen LogP contribution in [0.1, 0.15) is 44.9 Å². The van der Waals surface area contributed by atoms with Crippen molar-refractivity contribution in [1.29, 1.82) is 0 Å². The highest BCUT2D eigenvalue weighted by Gasteiger charge is 2.21. The molecule has 0 unspecified atom stereocenters. The lowest BCUT2D eigenvalue weighted by Gasteiger charge is -2.28. The highest BCUT2D eigenvalue weighted by atomic mass is 15.2. The summed E-state index contributed by atoms with van der Waals surface area (Å²) < 4.78 is 0. The SMILES string of the molecule is C=C(Nc1cncc(-c2ccc3[nH]nc(-c4nc5nccc(N6CCCCC6)c5[nH]4)c3n2)c1)C1CCCC1. The molecule has 1 aliphatic carbocycles. The smallest absolute Gasteiger partial charge is 0.180 e. The second kappa shape index (κ2) is 9.55. The summed E-state index contributed by atoms with van der Waals surface area (Å²) in [7, 11) is 0. The summed E-state index contributed by atoms with van der Waals surface area (Å²) in [4.78, 5) is 24.7. The molecule has 9 heteroatoms. The number of fused-ring (bicyclic) bond motifs is 2. The normalized spacial score (nSPS) is 16.5. The van der Waals surface area contributed by atoms with Crippen molar-refractivity contribution in [3.8, 4) is 22.8 Å². The Kier molecular flexibility index (Phi) is 5.76. The average molecular weight is 506 g/mol. The number of hydrogen-bond acceptors (Lipinski definition) is 7. The first-order valence-electron chi connectivity index (χ1n) is 13.6. The zero-order valence-electron chi connectivity index (χ0n) is 21.4. The van der Waals surface area contributed by atoms with E-state index < -0.39 is 0 Å². The predicted molar refractivity (Wildman–Crippen MR) is 151 cm³/mol. The van der Waals surface area contributed by atoms with E-state index in [4.69, 9.17) is 9.97 Å². The van der Waals surface area contributed by atoms with Crippen LogP contribution in [-0.2, 0) is 0 Å². The first-order chi connectivity index (χ1) is 18.7. The number of aromatic amines is 2. The molecule has 5 aromatic rings. The second-order valence-electron chi connectivity index (χ2n) is 10.4. The number of hydrogen-bond donors (Lipinski definition) is 3. The molecule has 1 saturated carbocycles. The van der Waals surface area contributed by atoms with Crippen LogP contribution in [-0.4, -0.2) is 48.2 Å². The summed E-state index contributed by atoms with van der Waals surface area (Å²) in [5, 5.41) is 11.2. The fourth-order valence-electron chi connectivity index (χ4n) is 5.84. The van der Waals surface area contributed by atoms with Gasteiger partial charge in [-0.2, -0.15) is 5.10 Å². The highest BCUT2D eigenvalue weighted by molar-refractivity contribution is 5.93. The van der Waals surface area contributed by atoms with Crippen LogP contribution in [0.4, 0.5) is 11.4 Å². The van der Waals surface area contributed by atoms with Crippen molar-refractivity contribution in [2.45, 2.75) is 44.9 Å². The molecule has 1 aliphatic heterocycles. The van der Waals surface area contributed by atoms with Crippen LogP contribution in [0.3, 0.4) is 0 Å². The lowest BCUT2D eigenvalue weighted by Crippen LogP contribution is -2.29. The minimum absolute atomic E-state index is 0.537. The van der Waals surface area contributed by atoms with Gasteiger partial charge in [0.05, 0.1) is 28.8 Å². The molecule has 38 heavy (non-hydrogen) atoms. The van der Waals surface area contributed by atoms with Crippen molar-refractivity contribution < 1.29 is 0 Å². The molecule has 3 N–H and O–H groups in total. The molecule has 9 nitrogen and oxygen atoms in total. The number of piperidine rings is 1. The van der Waals surface area contributed by atoms with E-state index in [9.17, 15) is 0 Å². The Hall–Kier alpha value is -4.27. The number of anilines is 2. The van der Waals surface area contributed by atoms with Gasteiger partial charge in [0.25, 0.3) is 0 Å². The minimum Gasteiger partial charge on any atom is -0.370 e. The van der Waals surface area contributed by atoms with Crippen molar-refractivity contribution in [2.24, 2.45) is 5.92 Å². The molecular weight excluding hydrogens is 474 g/mol. The van der Waals surface area contributed by atoms with Crippen molar-refractivity contribution in [2.75, 3.05) is 23.3 Å². The molecule has 0 radical (unpaired) electrons. The number of allylic oxidation sites excluding steroid dienone is 1. The van der Waals surface area contributed by atoms with Gasteiger partial charge >= 0.3 is 0 Å². The monoisotopic (exact) mass is 505 g/mol. The van der Waals surface area contributed by atoms with Crippen molar-refractivity contribution >= 4 is 33.6 Å². The molecular formula is C29H31N9. The fourth-order valence-corrected chi connectivity index (χ4v) is 5.84. The summed E-state index contributed by atoms with van der Waals surface area (Å²) in [6.07, 6.45) is 14.2. The van der Waals surface area contributed by atoms with Gasteiger partial charge in [0.15, 0.2) is 17.2 Å². The van der Waals surface area contributed by atoms with E-state index in [-0.39, 0.29) is 0 Å². The van der Waals surface area contributed by atoms with Crippen LogP contribution in [0, 0.1) is 5.92 Å². The molecule has 0 bridgehead atoms. The van der Waals surface area contributed by atoms with Crippen molar-refractivity contribution in [3.05, 3.63) is 55.1 Å². The van der Waals surface area contributed by atoms with Gasteiger partial charge in [-0.1, -0.05) is 19.4 Å². The van der Waals surface area contributed by atoms with E-state index in [1.807, 2.05) is 30.7 Å². The Morgan fingerprint density at radius 2 is 1.87 bits per heavy atom. The van der Waals surface area contributed by atoms with Crippen molar-refractivity contribution in [1.82, 2.24) is 35.1 Å². The van der Waals surface area contributed by atoms with Gasteiger partial charge in [-0.05, 0) is 62.3 Å². The van der Waals surface area contributed by atoms with E-state index in [0.29, 0.717) is 23.1 Å². The first kappa shape index (κ1) is 22.9. The largest absolute Gasteiger partial charge is 0.370 e. The molecule has 7 rings (SSSR count). The maximum Gasteiger partial charge on any atom is 0.180 e. The number of pyridine rings is 3. The first-order valence-corrected chi connectivity index (χ1v) is 13.6. The number of H-pyrrole nitrogens is 2. The third kappa shape index (κ3) is 4.17. The third-order valence-electron chi connectivity index (χ3n) is 7.89. The number of aromatic nitrogens is 7. The predicted octanol–water partition coefficient (Wildman–Crippen LogP) is 6.06. The Morgan fingerprint density at radius 1 is 1.00 bits per heavy atom. The number of rotatable bonds is 6. The van der Waals surface area contributed by atoms with Gasteiger partial charge in [0.2, 0.25) is 0 Å². The van der Waals surface area contributed by atoms with Crippen LogP contribution in [0.25, 0.3) is 45.0 Å². The Bertz CT molecular complexity index is 1620. The van der Waals surface area contributed by atoms with Crippen LogP contribution in [0.5, 0.6) is 0 Å². The molecule has 0 atom stereocenters. The van der Waals surface area contributed by atoms with E-state index in [1.165, 1.54) is 44.9 Å². The average Bonchev–Trinajstić information content (AvgIpc) is 3.73. The van der Waals surface area contributed by atoms with E-state index in [0.717, 1.165) is 58.0 Å². The molecule has 192 valence electrons. The summed E-state index contributed by atoms with van der Waals surface area (Å²) in [6.45, 7) is 6.39. The van der Waals surface area contributed by atoms with Gasteiger partial charge in [0, 0.05) is 36.7 Å². The Morgan fingerprint density at radius 3 is 2.74 bits per heavy atom. The maximum absolute atomic E-state index is 4.99. The van der Waals surface area contributed by atoms with Gasteiger partial charge in [0.1, 0.15) is 11.0 Å². The van der Waals surface area contributed by atoms with E-state index >= 15 is 0 Å². The van der Waals surface area contributed by atoms with Gasteiger partial charge in [-0.3, -0.25) is 10.1 Å². The Balaban J connectivity index is 1.22. The fraction of sp³-hybridized carbons (Fsp3) is 0.345. The van der Waals surface area contributed by atoms with Gasteiger partial charge < -0.3 is 15.2 Å². The van der Waals surface area contributed by atoms with E-state index in [2.05, 4.69) is 54.1 Å². The minimum atomic E-state index is 0.537. The number of nitrogens with one attached hydrogen (secondary N) is 3. The van der Waals surface area contributed by atoms with Gasteiger partial charge in [-0.15, -0.1) is 0 Å². The Labute approximate surface area is 220 Å². The number of nitrogens with zero attached hydrogens (tertiary/aromatic N) is 6. The molecule has 6 heterocycles. The van der Waals surface area contributed by atoms with Gasteiger partial charge in [-0.25, -0.2) is 15.0 Å². The molecule has 5 aromatic heterocycles. The van der Waals surface area contributed by atoms with E-state index in [1.54, 1.807) is 0 Å². The standard InChI is InChI=1S/C29H31N9/c1-18(19-7-3-4-8-19)32-21-15-20(16-30-17-21)22-9-10-23-25(33-22)27(37-36-23)29-34-26-24(11-12-31-28(26)35-29)38-13-5-2-6-14-38/h9-12,15-17,19,32H,1-8,13-14H2,(H,36,37)(H,31,34,35). The lowest BCUT2D eigenvalue weighted by atomic mass is 10.0. The molecule has 0 amide bonds. The number of imidazole rings is 1. The summed E-state index contributed by atoms with van der Waals surface area (Å²) in [5.74, 6) is 1.20. The van der Waals surface area contributed by atoms with Crippen LogP contribution in [0.2, 0.25) is 0 Å². The lowest BCUT2D eigenvalue weighted by molar-refractivity contribution is 0.578. The quantitative estimate of drug-likeness (QED) is 0.257. The maximum atomic E-state index is 4.99. The summed E-state index contributed by atoms with van der Waals surface area (Å²) in [5.41, 5.74) is 8.85. The zero-order valence-corrected chi connectivity index (χ0v) is 21.4. The van der Waals surface area contributed by atoms with Crippen LogP contribution < -0.4 is 10.2 Å². The topological polar surface area (TPSA) is 111 Å². The second-order valence-corrected chi connectivity index (χ2v) is 10.4. The van der Waals surface area contributed by atoms with Crippen molar-refractivity contribution in [3.63, 3.8) is 0 Å². The molecule has 1 saturated heterocycles. The van der Waals surface area contributed by atoms with Crippen LogP contribution in [0.15, 0.2) is 55.1 Å². The van der Waals surface area contributed by atoms with Crippen LogP contribution >= 0.6 is 0 Å². The molecule has 2 aliphatic rings. The molecule has 0 spiro atoms.